The molecular formula is C7H6N4S. The minimum Gasteiger partial charge on any atom is -0.323 e. The Morgan fingerprint density at radius 2 is 2.42 bits per heavy atom. The molecular weight excluding hydrogens is 172 g/mol. The summed E-state index contributed by atoms with van der Waals surface area (Å²) in [5.74, 6) is 5.02. The number of hydrogen-bond acceptors (Lipinski definition) is 5. The lowest BCUT2D eigenvalue weighted by Gasteiger charge is -1.89. The molecule has 5 heteroatoms. The normalized spacial score (nSPS) is 11.3. The van der Waals surface area contributed by atoms with E-state index in [0.29, 0.717) is 0 Å². The fraction of sp³-hybridized carbons (Fsp3) is 0. The largest absolute Gasteiger partial charge is 0.323 e. The predicted octanol–water partition coefficient (Wildman–Crippen LogP) is 0.984. The van der Waals surface area contributed by atoms with Crippen molar-refractivity contribution in [2.75, 3.05) is 0 Å². The van der Waals surface area contributed by atoms with Gasteiger partial charge in [-0.05, 0) is 29.2 Å². The Morgan fingerprint density at radius 1 is 1.50 bits per heavy atom. The number of aromatic nitrogens is 2. The Morgan fingerprint density at radius 3 is 3.25 bits per heavy atom. The first-order valence-corrected chi connectivity index (χ1v) is 4.13. The summed E-state index contributed by atoms with van der Waals surface area (Å²) in [5.41, 5.74) is 1.83. The highest BCUT2D eigenvalue weighted by Crippen LogP contribution is 2.15. The lowest BCUT2D eigenvalue weighted by Crippen LogP contribution is -1.85. The van der Waals surface area contributed by atoms with Gasteiger partial charge in [-0.25, -0.2) is 0 Å². The van der Waals surface area contributed by atoms with Crippen molar-refractivity contribution in [1.29, 1.82) is 0 Å². The number of hydrogen-bond donors (Lipinski definition) is 1. The summed E-state index contributed by atoms with van der Waals surface area (Å²) in [6.07, 6.45) is 1.58. The number of nitrogens with zero attached hydrogens (tertiary/aromatic N) is 3. The van der Waals surface area contributed by atoms with Crippen LogP contribution in [0.25, 0.3) is 10.2 Å². The minimum absolute atomic E-state index is 0.886. The predicted molar refractivity (Wildman–Crippen MR) is 49.2 cm³/mol. The first-order valence-electron chi connectivity index (χ1n) is 3.35. The van der Waals surface area contributed by atoms with Crippen LogP contribution < -0.4 is 5.84 Å². The van der Waals surface area contributed by atoms with Gasteiger partial charge in [-0.3, -0.25) is 0 Å². The number of hydrazone groups is 1. The minimum atomic E-state index is 0.886. The maximum atomic E-state index is 5.02. The van der Waals surface area contributed by atoms with Crippen LogP contribution in [0, 0.1) is 0 Å². The van der Waals surface area contributed by atoms with Gasteiger partial charge in [0.2, 0.25) is 0 Å². The van der Waals surface area contributed by atoms with Crippen molar-refractivity contribution in [3.8, 4) is 0 Å². The summed E-state index contributed by atoms with van der Waals surface area (Å²) in [7, 11) is 0. The highest BCUT2D eigenvalue weighted by atomic mass is 32.1. The third-order valence-electron chi connectivity index (χ3n) is 1.49. The van der Waals surface area contributed by atoms with Crippen LogP contribution in [0.5, 0.6) is 0 Å². The average molecular weight is 178 g/mol. The third-order valence-corrected chi connectivity index (χ3v) is 2.20. The van der Waals surface area contributed by atoms with Gasteiger partial charge in [0.25, 0.3) is 0 Å². The summed E-state index contributed by atoms with van der Waals surface area (Å²) in [6, 6.07) is 5.78. The van der Waals surface area contributed by atoms with Crippen LogP contribution in [0.2, 0.25) is 0 Å². The van der Waals surface area contributed by atoms with Crippen molar-refractivity contribution in [3.63, 3.8) is 0 Å². The summed E-state index contributed by atoms with van der Waals surface area (Å²) in [6.45, 7) is 0. The van der Waals surface area contributed by atoms with E-state index in [2.05, 4.69) is 14.7 Å². The van der Waals surface area contributed by atoms with E-state index < -0.39 is 0 Å². The van der Waals surface area contributed by atoms with Crippen LogP contribution >= 0.6 is 11.5 Å². The highest BCUT2D eigenvalue weighted by Gasteiger charge is 1.97. The lowest BCUT2D eigenvalue weighted by molar-refractivity contribution is 1.20. The van der Waals surface area contributed by atoms with Gasteiger partial charge in [-0.1, -0.05) is 10.6 Å². The van der Waals surface area contributed by atoms with E-state index in [-0.39, 0.29) is 0 Å². The van der Waals surface area contributed by atoms with Gasteiger partial charge >= 0.3 is 0 Å². The van der Waals surface area contributed by atoms with Crippen molar-refractivity contribution < 1.29 is 0 Å². The number of fused-ring (bicyclic) bond motifs is 1. The molecule has 1 heterocycles. The van der Waals surface area contributed by atoms with Gasteiger partial charge in [0.15, 0.2) is 0 Å². The molecule has 1 aromatic heterocycles. The van der Waals surface area contributed by atoms with Crippen molar-refractivity contribution in [2.24, 2.45) is 10.9 Å². The van der Waals surface area contributed by atoms with Crippen LogP contribution in [-0.4, -0.2) is 15.8 Å². The van der Waals surface area contributed by atoms with Crippen LogP contribution in [0.15, 0.2) is 23.3 Å². The number of rotatable bonds is 1. The first-order chi connectivity index (χ1) is 5.90. The van der Waals surface area contributed by atoms with Crippen LogP contribution in [0.4, 0.5) is 0 Å². The quantitative estimate of drug-likeness (QED) is 0.402. The van der Waals surface area contributed by atoms with E-state index in [1.165, 1.54) is 11.5 Å². The molecule has 0 aliphatic heterocycles. The molecule has 0 unspecified atom stereocenters. The molecule has 1 aromatic carbocycles. The van der Waals surface area contributed by atoms with Crippen LogP contribution in [-0.2, 0) is 0 Å². The molecule has 0 amide bonds. The molecule has 0 aliphatic rings. The Kier molecular flexibility index (Phi) is 1.71. The summed E-state index contributed by atoms with van der Waals surface area (Å²) < 4.78 is 4.89. The van der Waals surface area contributed by atoms with Gasteiger partial charge in [0.05, 0.1) is 10.9 Å². The van der Waals surface area contributed by atoms with Gasteiger partial charge in [0, 0.05) is 0 Å². The monoisotopic (exact) mass is 178 g/mol. The zero-order chi connectivity index (χ0) is 8.39. The molecule has 0 saturated heterocycles. The first kappa shape index (κ1) is 7.17. The highest BCUT2D eigenvalue weighted by molar-refractivity contribution is 7.12. The fourth-order valence-electron chi connectivity index (χ4n) is 0.964. The molecule has 0 bridgehead atoms. The van der Waals surface area contributed by atoms with Crippen molar-refractivity contribution in [3.05, 3.63) is 23.8 Å². The molecule has 2 rings (SSSR count). The molecule has 0 atom stereocenters. The molecule has 0 aliphatic carbocycles. The van der Waals surface area contributed by atoms with Crippen molar-refractivity contribution in [1.82, 2.24) is 9.59 Å². The Balaban J connectivity index is 2.60. The third kappa shape index (κ3) is 1.14. The fourth-order valence-corrected chi connectivity index (χ4v) is 1.50. The van der Waals surface area contributed by atoms with Crippen LogP contribution in [0.1, 0.15) is 5.56 Å². The number of nitrogens with two attached hydrogens (primary N) is 1. The molecule has 12 heavy (non-hydrogen) atoms. The Hall–Kier alpha value is -1.49. The zero-order valence-corrected chi connectivity index (χ0v) is 6.95. The molecule has 4 nitrogen and oxygen atoms in total. The van der Waals surface area contributed by atoms with Gasteiger partial charge in [-0.2, -0.15) is 5.10 Å². The molecule has 0 saturated carbocycles. The van der Waals surface area contributed by atoms with Gasteiger partial charge in [0.1, 0.15) is 5.52 Å². The standard InChI is InChI=1S/C7H6N4S/c8-9-4-5-1-2-7-6(3-5)10-11-12-7/h1-4H,8H2. The second-order valence-corrected chi connectivity index (χ2v) is 3.06. The Bertz CT molecular complexity index is 420. The van der Waals surface area contributed by atoms with Gasteiger partial charge < -0.3 is 5.84 Å². The second-order valence-electron chi connectivity index (χ2n) is 2.28. The number of benzene rings is 1. The smallest absolute Gasteiger partial charge is 0.106 e. The Labute approximate surface area is 72.9 Å². The molecule has 2 aromatic rings. The van der Waals surface area contributed by atoms with E-state index in [4.69, 9.17) is 5.84 Å². The van der Waals surface area contributed by atoms with E-state index >= 15 is 0 Å². The zero-order valence-electron chi connectivity index (χ0n) is 6.14. The SMILES string of the molecule is NN=Cc1ccc2snnc2c1. The summed E-state index contributed by atoms with van der Waals surface area (Å²) in [4.78, 5) is 0. The van der Waals surface area contributed by atoms with E-state index in [1.807, 2.05) is 18.2 Å². The lowest BCUT2D eigenvalue weighted by atomic mass is 10.2. The maximum Gasteiger partial charge on any atom is 0.106 e. The molecule has 0 fully saturated rings. The average Bonchev–Trinajstić information content (AvgIpc) is 2.51. The topological polar surface area (TPSA) is 64.2 Å². The molecule has 0 spiro atoms. The summed E-state index contributed by atoms with van der Waals surface area (Å²) >= 11 is 1.38. The van der Waals surface area contributed by atoms with E-state index in [0.717, 1.165) is 15.8 Å². The van der Waals surface area contributed by atoms with Gasteiger partial charge in [-0.15, -0.1) is 5.10 Å². The van der Waals surface area contributed by atoms with Crippen LogP contribution in [0.3, 0.4) is 0 Å². The molecule has 0 radical (unpaired) electrons. The summed E-state index contributed by atoms with van der Waals surface area (Å²) in [5, 5.41) is 7.35. The second kappa shape index (κ2) is 2.86. The van der Waals surface area contributed by atoms with Crippen molar-refractivity contribution in [2.45, 2.75) is 0 Å². The van der Waals surface area contributed by atoms with E-state index in [1.54, 1.807) is 6.21 Å². The van der Waals surface area contributed by atoms with Crippen molar-refractivity contribution >= 4 is 28.0 Å². The van der Waals surface area contributed by atoms with E-state index in [9.17, 15) is 0 Å². The maximum absolute atomic E-state index is 5.02. The molecule has 60 valence electrons. The molecule has 2 N–H and O–H groups in total.